The van der Waals surface area contributed by atoms with Crippen molar-refractivity contribution in [3.8, 4) is 0 Å². The van der Waals surface area contributed by atoms with Gasteiger partial charge in [-0.1, -0.05) is 6.92 Å². The Hall–Kier alpha value is -0.920. The zero-order valence-corrected chi connectivity index (χ0v) is 11.2. The van der Waals surface area contributed by atoms with Gasteiger partial charge < -0.3 is 5.11 Å². The first-order chi connectivity index (χ1) is 8.51. The Morgan fingerprint density at radius 3 is 2.94 bits per heavy atom. The SMILES string of the molecule is CC1CCC(NS(=O)(=O)c2cnn(CCO)c2)C1. The second-order valence-electron chi connectivity index (χ2n) is 4.90. The Bertz CT molecular complexity index is 497. The van der Waals surface area contributed by atoms with Crippen LogP contribution in [0, 0.1) is 5.92 Å². The summed E-state index contributed by atoms with van der Waals surface area (Å²) in [6.45, 7) is 2.37. The third-order valence-corrected chi connectivity index (χ3v) is 4.74. The summed E-state index contributed by atoms with van der Waals surface area (Å²) >= 11 is 0. The molecule has 18 heavy (non-hydrogen) atoms. The van der Waals surface area contributed by atoms with Gasteiger partial charge in [-0.3, -0.25) is 4.68 Å². The molecule has 0 bridgehead atoms. The van der Waals surface area contributed by atoms with E-state index in [2.05, 4.69) is 16.7 Å². The highest BCUT2D eigenvalue weighted by atomic mass is 32.2. The molecule has 2 atom stereocenters. The fourth-order valence-corrected chi connectivity index (χ4v) is 3.55. The molecule has 1 aliphatic rings. The third-order valence-electron chi connectivity index (χ3n) is 3.27. The van der Waals surface area contributed by atoms with Gasteiger partial charge >= 0.3 is 0 Å². The first-order valence-electron chi connectivity index (χ1n) is 6.17. The van der Waals surface area contributed by atoms with Crippen LogP contribution in [-0.2, 0) is 16.6 Å². The van der Waals surface area contributed by atoms with Gasteiger partial charge in [-0.25, -0.2) is 13.1 Å². The molecule has 2 rings (SSSR count). The Balaban J connectivity index is 2.05. The number of rotatable bonds is 5. The van der Waals surface area contributed by atoms with Gasteiger partial charge in [0.05, 0.1) is 19.3 Å². The van der Waals surface area contributed by atoms with Gasteiger partial charge in [-0.2, -0.15) is 5.10 Å². The molecule has 1 aromatic rings. The highest BCUT2D eigenvalue weighted by Gasteiger charge is 2.27. The van der Waals surface area contributed by atoms with E-state index in [1.54, 1.807) is 0 Å². The lowest BCUT2D eigenvalue weighted by atomic mass is 10.1. The lowest BCUT2D eigenvalue weighted by molar-refractivity contribution is 0.269. The fourth-order valence-electron chi connectivity index (χ4n) is 2.31. The van der Waals surface area contributed by atoms with Crippen LogP contribution < -0.4 is 4.72 Å². The zero-order valence-electron chi connectivity index (χ0n) is 10.4. The summed E-state index contributed by atoms with van der Waals surface area (Å²) in [7, 11) is -3.48. The largest absolute Gasteiger partial charge is 0.394 e. The Morgan fingerprint density at radius 2 is 2.33 bits per heavy atom. The summed E-state index contributed by atoms with van der Waals surface area (Å²) in [5, 5.41) is 12.7. The van der Waals surface area contributed by atoms with Crippen LogP contribution in [0.15, 0.2) is 17.3 Å². The molecule has 2 N–H and O–H groups in total. The van der Waals surface area contributed by atoms with Gasteiger partial charge in [-0.15, -0.1) is 0 Å². The van der Waals surface area contributed by atoms with E-state index in [1.807, 2.05) is 0 Å². The van der Waals surface area contributed by atoms with Crippen molar-refractivity contribution in [1.82, 2.24) is 14.5 Å². The van der Waals surface area contributed by atoms with E-state index in [0.717, 1.165) is 19.3 Å². The third kappa shape index (κ3) is 3.09. The van der Waals surface area contributed by atoms with Crippen molar-refractivity contribution in [1.29, 1.82) is 0 Å². The number of aliphatic hydroxyl groups excluding tert-OH is 1. The summed E-state index contributed by atoms with van der Waals surface area (Å²) < 4.78 is 28.3. The van der Waals surface area contributed by atoms with Crippen molar-refractivity contribution in [3.05, 3.63) is 12.4 Å². The lowest BCUT2D eigenvalue weighted by Crippen LogP contribution is -2.32. The second kappa shape index (κ2) is 5.38. The van der Waals surface area contributed by atoms with E-state index in [-0.39, 0.29) is 17.5 Å². The van der Waals surface area contributed by atoms with E-state index < -0.39 is 10.0 Å². The quantitative estimate of drug-likeness (QED) is 0.810. The average molecular weight is 273 g/mol. The monoisotopic (exact) mass is 273 g/mol. The molecule has 1 aliphatic carbocycles. The number of sulfonamides is 1. The smallest absolute Gasteiger partial charge is 0.243 e. The molecule has 2 unspecified atom stereocenters. The summed E-state index contributed by atoms with van der Waals surface area (Å²) in [5.74, 6) is 0.579. The maximum Gasteiger partial charge on any atom is 0.243 e. The summed E-state index contributed by atoms with van der Waals surface area (Å²) in [6.07, 6.45) is 5.61. The van der Waals surface area contributed by atoms with Crippen LogP contribution in [0.2, 0.25) is 0 Å². The molecule has 1 aromatic heterocycles. The number of nitrogens with zero attached hydrogens (tertiary/aromatic N) is 2. The van der Waals surface area contributed by atoms with E-state index in [9.17, 15) is 8.42 Å². The molecule has 1 saturated carbocycles. The molecule has 6 nitrogen and oxygen atoms in total. The van der Waals surface area contributed by atoms with Crippen LogP contribution in [0.3, 0.4) is 0 Å². The van der Waals surface area contributed by atoms with Gasteiger partial charge in [0.15, 0.2) is 0 Å². The normalized spacial score (nSPS) is 24.6. The molecule has 0 spiro atoms. The molecule has 1 heterocycles. The maximum absolute atomic E-state index is 12.1. The second-order valence-corrected chi connectivity index (χ2v) is 6.61. The molecular weight excluding hydrogens is 254 g/mol. The van der Waals surface area contributed by atoms with Gasteiger partial charge in [0.1, 0.15) is 4.90 Å². The highest BCUT2D eigenvalue weighted by Crippen LogP contribution is 2.25. The molecule has 0 saturated heterocycles. The molecular formula is C11H19N3O3S. The molecule has 0 amide bonds. The number of aromatic nitrogens is 2. The van der Waals surface area contributed by atoms with Crippen LogP contribution in [-0.4, -0.2) is 36.0 Å². The maximum atomic E-state index is 12.1. The van der Waals surface area contributed by atoms with E-state index in [1.165, 1.54) is 17.1 Å². The van der Waals surface area contributed by atoms with E-state index >= 15 is 0 Å². The number of aliphatic hydroxyl groups is 1. The van der Waals surface area contributed by atoms with Crippen molar-refractivity contribution in [2.24, 2.45) is 5.92 Å². The van der Waals surface area contributed by atoms with Crippen molar-refractivity contribution in [3.63, 3.8) is 0 Å². The Labute approximate surface area is 107 Å². The molecule has 7 heteroatoms. The van der Waals surface area contributed by atoms with E-state index in [0.29, 0.717) is 12.5 Å². The minimum absolute atomic E-state index is 0.0335. The van der Waals surface area contributed by atoms with Crippen molar-refractivity contribution >= 4 is 10.0 Å². The minimum Gasteiger partial charge on any atom is -0.394 e. The average Bonchev–Trinajstić information content (AvgIpc) is 2.88. The summed E-state index contributed by atoms with van der Waals surface area (Å²) in [5.41, 5.74) is 0. The number of nitrogens with one attached hydrogen (secondary N) is 1. The number of hydrogen-bond donors (Lipinski definition) is 2. The topological polar surface area (TPSA) is 84.2 Å². The predicted molar refractivity (Wildman–Crippen MR) is 66.4 cm³/mol. The van der Waals surface area contributed by atoms with Crippen molar-refractivity contribution in [2.75, 3.05) is 6.61 Å². The summed E-state index contributed by atoms with van der Waals surface area (Å²) in [6, 6.07) is 0.0335. The molecule has 1 fully saturated rings. The first kappa shape index (κ1) is 13.5. The van der Waals surface area contributed by atoms with Crippen LogP contribution in [0.25, 0.3) is 0 Å². The molecule has 0 aromatic carbocycles. The van der Waals surface area contributed by atoms with E-state index in [4.69, 9.17) is 5.11 Å². The van der Waals surface area contributed by atoms with Gasteiger partial charge in [-0.05, 0) is 25.2 Å². The fraction of sp³-hybridized carbons (Fsp3) is 0.727. The Kier molecular flexibility index (Phi) is 4.04. The Morgan fingerprint density at radius 1 is 1.56 bits per heavy atom. The van der Waals surface area contributed by atoms with Crippen LogP contribution in [0.4, 0.5) is 0 Å². The highest BCUT2D eigenvalue weighted by molar-refractivity contribution is 7.89. The van der Waals surface area contributed by atoms with Crippen molar-refractivity contribution in [2.45, 2.75) is 43.7 Å². The van der Waals surface area contributed by atoms with Gasteiger partial charge in [0, 0.05) is 12.2 Å². The van der Waals surface area contributed by atoms with Gasteiger partial charge in [0.2, 0.25) is 10.0 Å². The summed E-state index contributed by atoms with van der Waals surface area (Å²) in [4.78, 5) is 0.163. The van der Waals surface area contributed by atoms with Crippen LogP contribution in [0.5, 0.6) is 0 Å². The standard InChI is InChI=1S/C11H19N3O3S/c1-9-2-3-10(6-9)13-18(16,17)11-7-12-14(8-11)4-5-15/h7-10,13,15H,2-6H2,1H3. The molecule has 0 aliphatic heterocycles. The predicted octanol–water partition coefficient (Wildman–Crippen LogP) is 0.342. The zero-order chi connectivity index (χ0) is 13.2. The van der Waals surface area contributed by atoms with Crippen LogP contribution >= 0.6 is 0 Å². The lowest BCUT2D eigenvalue weighted by Gasteiger charge is -2.11. The molecule has 0 radical (unpaired) electrons. The number of hydrogen-bond acceptors (Lipinski definition) is 4. The van der Waals surface area contributed by atoms with Crippen molar-refractivity contribution < 1.29 is 13.5 Å². The van der Waals surface area contributed by atoms with Crippen LogP contribution in [0.1, 0.15) is 26.2 Å². The van der Waals surface area contributed by atoms with Gasteiger partial charge in [0.25, 0.3) is 0 Å². The minimum atomic E-state index is -3.48. The first-order valence-corrected chi connectivity index (χ1v) is 7.65. The molecule has 102 valence electrons.